The first-order chi connectivity index (χ1) is 7.27. The van der Waals surface area contributed by atoms with Gasteiger partial charge in [-0.05, 0) is 38.1 Å². The molecule has 0 aliphatic rings. The van der Waals surface area contributed by atoms with Crippen molar-refractivity contribution in [1.82, 2.24) is 0 Å². The second-order valence-corrected chi connectivity index (χ2v) is 5.14. The van der Waals surface area contributed by atoms with Gasteiger partial charge in [0.05, 0.1) is 23.0 Å². The Morgan fingerprint density at radius 1 is 0.933 bits per heavy atom. The second-order valence-electron chi connectivity index (χ2n) is 3.45. The molecular weight excluding hydrogens is 208 g/mol. The maximum Gasteiger partial charge on any atom is 0.116 e. The quantitative estimate of drug-likeness (QED) is 0.765. The van der Waals surface area contributed by atoms with E-state index in [0.717, 1.165) is 11.5 Å². The van der Waals surface area contributed by atoms with Gasteiger partial charge in [0.2, 0.25) is 0 Å². The summed E-state index contributed by atoms with van der Waals surface area (Å²) in [6, 6.07) is 7.85. The van der Waals surface area contributed by atoms with Crippen LogP contribution < -0.4 is 0 Å². The number of thioether (sulfide) groups is 1. The van der Waals surface area contributed by atoms with Gasteiger partial charge in [0.25, 0.3) is 0 Å². The standard InChI is InChI=1S/C12H14O2S/c1-9(11-5-3-7-13-11)15-10(2)12-6-4-8-14-12/h3-10H,1-2H3. The summed E-state index contributed by atoms with van der Waals surface area (Å²) in [5.41, 5.74) is 0. The molecule has 0 N–H and O–H groups in total. The van der Waals surface area contributed by atoms with Gasteiger partial charge in [-0.15, -0.1) is 11.8 Å². The summed E-state index contributed by atoms with van der Waals surface area (Å²) < 4.78 is 10.7. The van der Waals surface area contributed by atoms with Crippen molar-refractivity contribution in [3.8, 4) is 0 Å². The van der Waals surface area contributed by atoms with Gasteiger partial charge in [-0.2, -0.15) is 0 Å². The third-order valence-corrected chi connectivity index (χ3v) is 3.58. The summed E-state index contributed by atoms with van der Waals surface area (Å²) in [5.74, 6) is 2.02. The van der Waals surface area contributed by atoms with Crippen molar-refractivity contribution in [2.45, 2.75) is 24.3 Å². The fourth-order valence-corrected chi connectivity index (χ4v) is 2.63. The van der Waals surface area contributed by atoms with Crippen molar-refractivity contribution < 1.29 is 8.83 Å². The molecule has 2 aromatic rings. The highest BCUT2D eigenvalue weighted by Crippen LogP contribution is 2.39. The van der Waals surface area contributed by atoms with E-state index in [1.54, 1.807) is 12.5 Å². The molecule has 0 aliphatic carbocycles. The van der Waals surface area contributed by atoms with Crippen LogP contribution in [0.3, 0.4) is 0 Å². The van der Waals surface area contributed by atoms with Crippen molar-refractivity contribution >= 4 is 11.8 Å². The van der Waals surface area contributed by atoms with Gasteiger partial charge in [0.15, 0.2) is 0 Å². The number of hydrogen-bond donors (Lipinski definition) is 0. The predicted octanol–water partition coefficient (Wildman–Crippen LogP) is 4.43. The van der Waals surface area contributed by atoms with Gasteiger partial charge in [-0.25, -0.2) is 0 Å². The molecule has 0 aromatic carbocycles. The Hall–Kier alpha value is -1.09. The Bertz CT molecular complexity index is 339. The first-order valence-corrected chi connectivity index (χ1v) is 5.94. The van der Waals surface area contributed by atoms with Crippen LogP contribution in [-0.2, 0) is 0 Å². The fraction of sp³-hybridized carbons (Fsp3) is 0.333. The zero-order chi connectivity index (χ0) is 10.7. The SMILES string of the molecule is CC(SC(C)c1ccco1)c1ccco1. The third kappa shape index (κ3) is 2.48. The minimum absolute atomic E-state index is 0.347. The Morgan fingerprint density at radius 2 is 1.40 bits per heavy atom. The topological polar surface area (TPSA) is 26.3 Å². The van der Waals surface area contributed by atoms with Gasteiger partial charge >= 0.3 is 0 Å². The molecule has 0 fully saturated rings. The summed E-state index contributed by atoms with van der Waals surface area (Å²) in [6.07, 6.45) is 3.42. The van der Waals surface area contributed by atoms with Crippen molar-refractivity contribution in [1.29, 1.82) is 0 Å². The lowest BCUT2D eigenvalue weighted by Gasteiger charge is -2.13. The van der Waals surface area contributed by atoms with Crippen LogP contribution in [0, 0.1) is 0 Å². The van der Waals surface area contributed by atoms with Crippen molar-refractivity contribution in [3.63, 3.8) is 0 Å². The normalized spacial score (nSPS) is 15.1. The molecule has 2 unspecified atom stereocenters. The van der Waals surface area contributed by atoms with Crippen LogP contribution in [0.25, 0.3) is 0 Å². The van der Waals surface area contributed by atoms with Gasteiger partial charge in [-0.1, -0.05) is 0 Å². The number of furan rings is 2. The summed E-state index contributed by atoms with van der Waals surface area (Å²) in [5, 5.41) is 0.695. The first kappa shape index (κ1) is 10.4. The monoisotopic (exact) mass is 222 g/mol. The lowest BCUT2D eigenvalue weighted by atomic mass is 10.3. The first-order valence-electron chi connectivity index (χ1n) is 4.99. The highest BCUT2D eigenvalue weighted by Gasteiger charge is 2.16. The Labute approximate surface area is 93.7 Å². The highest BCUT2D eigenvalue weighted by atomic mass is 32.2. The lowest BCUT2D eigenvalue weighted by molar-refractivity contribution is 0.505. The van der Waals surface area contributed by atoms with Crippen molar-refractivity contribution in [2.75, 3.05) is 0 Å². The highest BCUT2D eigenvalue weighted by molar-refractivity contribution is 7.99. The maximum atomic E-state index is 5.36. The van der Waals surface area contributed by atoms with E-state index < -0.39 is 0 Å². The molecule has 3 heteroatoms. The molecule has 80 valence electrons. The summed E-state index contributed by atoms with van der Waals surface area (Å²) in [4.78, 5) is 0. The molecule has 0 saturated heterocycles. The molecule has 0 radical (unpaired) electrons. The molecule has 0 bridgehead atoms. The van der Waals surface area contributed by atoms with Gasteiger partial charge in [0.1, 0.15) is 11.5 Å². The van der Waals surface area contributed by atoms with E-state index in [1.807, 2.05) is 36.0 Å². The average Bonchev–Trinajstić information content (AvgIpc) is 2.91. The molecule has 2 atom stereocenters. The van der Waals surface area contributed by atoms with E-state index in [4.69, 9.17) is 8.83 Å². The fourth-order valence-electron chi connectivity index (χ4n) is 1.49. The van der Waals surface area contributed by atoms with Crippen LogP contribution in [0.5, 0.6) is 0 Å². The smallest absolute Gasteiger partial charge is 0.116 e. The predicted molar refractivity (Wildman–Crippen MR) is 61.8 cm³/mol. The average molecular weight is 222 g/mol. The van der Waals surface area contributed by atoms with Crippen LogP contribution in [-0.4, -0.2) is 0 Å². The Morgan fingerprint density at radius 3 is 1.73 bits per heavy atom. The molecule has 0 saturated carbocycles. The third-order valence-electron chi connectivity index (χ3n) is 2.30. The number of rotatable bonds is 4. The Balaban J connectivity index is 1.98. The maximum absolute atomic E-state index is 5.36. The van der Waals surface area contributed by atoms with E-state index >= 15 is 0 Å². The summed E-state index contributed by atoms with van der Waals surface area (Å²) >= 11 is 1.83. The van der Waals surface area contributed by atoms with Crippen molar-refractivity contribution in [2.24, 2.45) is 0 Å². The molecular formula is C12H14O2S. The van der Waals surface area contributed by atoms with Crippen LogP contribution in [0.15, 0.2) is 45.6 Å². The van der Waals surface area contributed by atoms with Crippen LogP contribution >= 0.6 is 11.8 Å². The lowest BCUT2D eigenvalue weighted by Crippen LogP contribution is -1.91. The van der Waals surface area contributed by atoms with Crippen LogP contribution in [0.4, 0.5) is 0 Å². The largest absolute Gasteiger partial charge is 0.468 e. The zero-order valence-electron chi connectivity index (χ0n) is 8.84. The summed E-state index contributed by atoms with van der Waals surface area (Å²) in [7, 11) is 0. The zero-order valence-corrected chi connectivity index (χ0v) is 9.66. The molecule has 0 amide bonds. The minimum Gasteiger partial charge on any atom is -0.468 e. The summed E-state index contributed by atoms with van der Waals surface area (Å²) in [6.45, 7) is 4.28. The van der Waals surface area contributed by atoms with E-state index in [9.17, 15) is 0 Å². The molecule has 15 heavy (non-hydrogen) atoms. The Kier molecular flexibility index (Phi) is 3.21. The van der Waals surface area contributed by atoms with Gasteiger partial charge in [-0.3, -0.25) is 0 Å². The molecule has 2 aromatic heterocycles. The van der Waals surface area contributed by atoms with Gasteiger partial charge in [0, 0.05) is 0 Å². The molecule has 0 spiro atoms. The van der Waals surface area contributed by atoms with Crippen LogP contribution in [0.2, 0.25) is 0 Å². The van der Waals surface area contributed by atoms with E-state index in [1.165, 1.54) is 0 Å². The molecule has 2 nitrogen and oxygen atoms in total. The number of hydrogen-bond acceptors (Lipinski definition) is 3. The van der Waals surface area contributed by atoms with Crippen LogP contribution in [0.1, 0.15) is 35.9 Å². The van der Waals surface area contributed by atoms with Crippen molar-refractivity contribution in [3.05, 3.63) is 48.3 Å². The minimum atomic E-state index is 0.347. The van der Waals surface area contributed by atoms with E-state index in [0.29, 0.717) is 10.5 Å². The van der Waals surface area contributed by atoms with Gasteiger partial charge < -0.3 is 8.83 Å². The second kappa shape index (κ2) is 4.62. The molecule has 2 rings (SSSR count). The van der Waals surface area contributed by atoms with E-state index in [-0.39, 0.29) is 0 Å². The molecule has 2 heterocycles. The molecule has 0 aliphatic heterocycles. The van der Waals surface area contributed by atoms with E-state index in [2.05, 4.69) is 13.8 Å².